The molecular formula is C14H22N2O4S. The van der Waals surface area contributed by atoms with Crippen LogP contribution in [0.1, 0.15) is 53.1 Å². The van der Waals surface area contributed by atoms with Crippen molar-refractivity contribution in [1.82, 2.24) is 0 Å². The molecule has 0 fully saturated rings. The first-order valence-electron chi connectivity index (χ1n) is 6.98. The van der Waals surface area contributed by atoms with Crippen LogP contribution in [0.25, 0.3) is 0 Å². The molecule has 0 unspecified atom stereocenters. The minimum atomic E-state index is -0.558. The van der Waals surface area contributed by atoms with Gasteiger partial charge in [0, 0.05) is 6.54 Å². The van der Waals surface area contributed by atoms with Gasteiger partial charge in [-0.05, 0) is 13.3 Å². The summed E-state index contributed by atoms with van der Waals surface area (Å²) in [7, 11) is 1.28. The third kappa shape index (κ3) is 4.35. The van der Waals surface area contributed by atoms with Crippen molar-refractivity contribution in [2.75, 3.05) is 31.3 Å². The molecule has 1 rings (SSSR count). The Bertz CT molecular complexity index is 499. The summed E-state index contributed by atoms with van der Waals surface area (Å²) in [6, 6.07) is 0. The number of nitrogens with one attached hydrogen (secondary N) is 1. The molecular weight excluding hydrogens is 292 g/mol. The number of nitrogens with two attached hydrogens (primary N) is 1. The van der Waals surface area contributed by atoms with Gasteiger partial charge in [0.2, 0.25) is 0 Å². The number of methoxy groups -OCH3 is 1. The van der Waals surface area contributed by atoms with Gasteiger partial charge >= 0.3 is 11.9 Å². The van der Waals surface area contributed by atoms with Crippen molar-refractivity contribution in [1.29, 1.82) is 0 Å². The van der Waals surface area contributed by atoms with E-state index in [0.717, 1.165) is 30.6 Å². The number of esters is 2. The largest absolute Gasteiger partial charge is 0.465 e. The molecule has 3 N–H and O–H groups in total. The number of ether oxygens (including phenoxy) is 2. The second-order valence-corrected chi connectivity index (χ2v) is 5.42. The highest BCUT2D eigenvalue weighted by Gasteiger charge is 2.26. The first kappa shape index (κ1) is 17.3. The number of nitrogen functional groups attached to an aromatic ring is 1. The van der Waals surface area contributed by atoms with Gasteiger partial charge in [0.05, 0.1) is 19.4 Å². The van der Waals surface area contributed by atoms with E-state index in [0.29, 0.717) is 11.5 Å². The number of carbonyl (C=O) groups is 2. The minimum absolute atomic E-state index is 0.114. The fourth-order valence-electron chi connectivity index (χ4n) is 1.80. The Morgan fingerprint density at radius 3 is 2.52 bits per heavy atom. The summed E-state index contributed by atoms with van der Waals surface area (Å²) < 4.78 is 9.68. The Balaban J connectivity index is 3.00. The Morgan fingerprint density at radius 2 is 1.95 bits per heavy atom. The van der Waals surface area contributed by atoms with Gasteiger partial charge in [-0.15, -0.1) is 11.3 Å². The molecule has 118 valence electrons. The molecule has 7 heteroatoms. The highest BCUT2D eigenvalue weighted by atomic mass is 32.1. The molecule has 0 amide bonds. The van der Waals surface area contributed by atoms with Crippen LogP contribution in [0.2, 0.25) is 0 Å². The normalized spacial score (nSPS) is 10.2. The maximum atomic E-state index is 11.9. The maximum absolute atomic E-state index is 11.9. The molecule has 21 heavy (non-hydrogen) atoms. The zero-order chi connectivity index (χ0) is 15.8. The Labute approximate surface area is 128 Å². The molecule has 1 heterocycles. The number of thiophene rings is 1. The predicted molar refractivity (Wildman–Crippen MR) is 84.0 cm³/mol. The van der Waals surface area contributed by atoms with Crippen LogP contribution < -0.4 is 11.1 Å². The second kappa shape index (κ2) is 8.51. The summed E-state index contributed by atoms with van der Waals surface area (Å²) in [6.45, 7) is 4.79. The molecule has 0 saturated heterocycles. The lowest BCUT2D eigenvalue weighted by Gasteiger charge is -2.06. The molecule has 0 bridgehead atoms. The van der Waals surface area contributed by atoms with Crippen molar-refractivity contribution < 1.29 is 19.1 Å². The maximum Gasteiger partial charge on any atom is 0.350 e. The molecule has 0 atom stereocenters. The zero-order valence-corrected chi connectivity index (χ0v) is 13.5. The van der Waals surface area contributed by atoms with Gasteiger partial charge in [-0.2, -0.15) is 0 Å². The van der Waals surface area contributed by atoms with Crippen molar-refractivity contribution in [3.8, 4) is 0 Å². The molecule has 0 radical (unpaired) electrons. The van der Waals surface area contributed by atoms with Gasteiger partial charge in [-0.25, -0.2) is 9.59 Å². The fraction of sp³-hybridized carbons (Fsp3) is 0.571. The number of hydrogen-bond donors (Lipinski definition) is 2. The number of anilines is 2. The van der Waals surface area contributed by atoms with E-state index in [4.69, 9.17) is 15.2 Å². The van der Waals surface area contributed by atoms with Gasteiger partial charge in [0.15, 0.2) is 0 Å². The Morgan fingerprint density at radius 1 is 1.24 bits per heavy atom. The van der Waals surface area contributed by atoms with Crippen molar-refractivity contribution in [2.45, 2.75) is 33.1 Å². The average molecular weight is 314 g/mol. The molecule has 0 aromatic carbocycles. The smallest absolute Gasteiger partial charge is 0.350 e. The zero-order valence-electron chi connectivity index (χ0n) is 12.7. The van der Waals surface area contributed by atoms with Crippen LogP contribution in [0, 0.1) is 0 Å². The molecule has 0 spiro atoms. The highest BCUT2D eigenvalue weighted by Crippen LogP contribution is 2.36. The van der Waals surface area contributed by atoms with Crippen LogP contribution >= 0.6 is 11.3 Å². The lowest BCUT2D eigenvalue weighted by Crippen LogP contribution is -2.10. The fourth-order valence-corrected chi connectivity index (χ4v) is 2.83. The van der Waals surface area contributed by atoms with Crippen molar-refractivity contribution >= 4 is 34.0 Å². The van der Waals surface area contributed by atoms with Crippen LogP contribution in [0.5, 0.6) is 0 Å². The molecule has 0 aliphatic rings. The van der Waals surface area contributed by atoms with Crippen LogP contribution in [-0.4, -0.2) is 32.2 Å². The van der Waals surface area contributed by atoms with E-state index in [1.165, 1.54) is 7.11 Å². The number of rotatable bonds is 8. The summed E-state index contributed by atoms with van der Waals surface area (Å²) in [5.41, 5.74) is 6.24. The van der Waals surface area contributed by atoms with E-state index in [1.54, 1.807) is 6.92 Å². The van der Waals surface area contributed by atoms with Crippen molar-refractivity contribution in [3.05, 3.63) is 10.4 Å². The SMILES string of the molecule is CCCCCNc1sc(C(=O)OCC)c(N)c1C(=O)OC. The van der Waals surface area contributed by atoms with Crippen LogP contribution in [0.15, 0.2) is 0 Å². The summed E-state index contributed by atoms with van der Waals surface area (Å²) in [4.78, 5) is 23.9. The minimum Gasteiger partial charge on any atom is -0.465 e. The number of hydrogen-bond acceptors (Lipinski definition) is 7. The van der Waals surface area contributed by atoms with E-state index in [1.807, 2.05) is 0 Å². The quantitative estimate of drug-likeness (QED) is 0.566. The molecule has 0 saturated carbocycles. The summed E-state index contributed by atoms with van der Waals surface area (Å²) in [5, 5.41) is 3.71. The van der Waals surface area contributed by atoms with E-state index in [2.05, 4.69) is 12.2 Å². The van der Waals surface area contributed by atoms with E-state index in [-0.39, 0.29) is 22.7 Å². The Hall–Kier alpha value is -1.76. The van der Waals surface area contributed by atoms with Crippen LogP contribution in [0.3, 0.4) is 0 Å². The second-order valence-electron chi connectivity index (χ2n) is 4.39. The molecule has 1 aromatic heterocycles. The van der Waals surface area contributed by atoms with Crippen LogP contribution in [0.4, 0.5) is 10.7 Å². The average Bonchev–Trinajstić information content (AvgIpc) is 2.80. The number of unbranched alkanes of at least 4 members (excludes halogenated alkanes) is 2. The first-order valence-corrected chi connectivity index (χ1v) is 7.79. The first-order chi connectivity index (χ1) is 10.1. The molecule has 1 aromatic rings. The standard InChI is InChI=1S/C14H22N2O4S/c1-4-6-7-8-16-12-9(13(17)19-3)10(15)11(21-12)14(18)20-5-2/h16H,4-8,15H2,1-3H3. The summed E-state index contributed by atoms with van der Waals surface area (Å²) in [6.07, 6.45) is 3.17. The van der Waals surface area contributed by atoms with Crippen molar-refractivity contribution in [3.63, 3.8) is 0 Å². The third-order valence-corrected chi connectivity index (χ3v) is 4.00. The predicted octanol–water partition coefficient (Wildman–Crippen LogP) is 2.90. The monoisotopic (exact) mass is 314 g/mol. The summed E-state index contributed by atoms with van der Waals surface area (Å²) in [5.74, 6) is -1.08. The van der Waals surface area contributed by atoms with Gasteiger partial charge in [-0.3, -0.25) is 0 Å². The van der Waals surface area contributed by atoms with E-state index < -0.39 is 11.9 Å². The lowest BCUT2D eigenvalue weighted by atomic mass is 10.2. The van der Waals surface area contributed by atoms with Gasteiger partial charge in [0.25, 0.3) is 0 Å². The van der Waals surface area contributed by atoms with Gasteiger partial charge in [0.1, 0.15) is 15.4 Å². The summed E-state index contributed by atoms with van der Waals surface area (Å²) >= 11 is 1.12. The van der Waals surface area contributed by atoms with Crippen molar-refractivity contribution in [2.24, 2.45) is 0 Å². The van der Waals surface area contributed by atoms with Gasteiger partial charge in [-0.1, -0.05) is 19.8 Å². The van der Waals surface area contributed by atoms with Crippen LogP contribution in [-0.2, 0) is 9.47 Å². The molecule has 6 nitrogen and oxygen atoms in total. The highest BCUT2D eigenvalue weighted by molar-refractivity contribution is 7.19. The molecule has 0 aliphatic carbocycles. The Kier molecular flexibility index (Phi) is 7.01. The van der Waals surface area contributed by atoms with E-state index in [9.17, 15) is 9.59 Å². The topological polar surface area (TPSA) is 90.6 Å². The number of carbonyl (C=O) groups excluding carboxylic acids is 2. The van der Waals surface area contributed by atoms with Gasteiger partial charge < -0.3 is 20.5 Å². The molecule has 0 aliphatic heterocycles. The third-order valence-electron chi connectivity index (χ3n) is 2.86. The van der Waals surface area contributed by atoms with E-state index >= 15 is 0 Å². The lowest BCUT2D eigenvalue weighted by molar-refractivity contribution is 0.0533.